The van der Waals surface area contributed by atoms with Crippen LogP contribution in [-0.2, 0) is 0 Å². The van der Waals surface area contributed by atoms with Gasteiger partial charge in [-0.1, -0.05) is 12.1 Å². The van der Waals surface area contributed by atoms with E-state index in [-0.39, 0.29) is 0 Å². The lowest BCUT2D eigenvalue weighted by Gasteiger charge is -2.30. The zero-order chi connectivity index (χ0) is 15.6. The minimum Gasteiger partial charge on any atom is -0.496 e. The molecule has 1 aliphatic heterocycles. The van der Waals surface area contributed by atoms with Crippen molar-refractivity contribution >= 4 is 5.69 Å². The first kappa shape index (κ1) is 14.5. The van der Waals surface area contributed by atoms with E-state index in [0.29, 0.717) is 5.92 Å². The van der Waals surface area contributed by atoms with Crippen LogP contribution in [0.3, 0.4) is 0 Å². The Morgan fingerprint density at radius 3 is 2.70 bits per heavy atom. The fourth-order valence-corrected chi connectivity index (χ4v) is 3.10. The molecule has 1 saturated heterocycles. The molecule has 0 atom stereocenters. The first-order valence-electron chi connectivity index (χ1n) is 8.33. The number of aromatic nitrogens is 2. The molecule has 0 unspecified atom stereocenters. The summed E-state index contributed by atoms with van der Waals surface area (Å²) in [5.74, 6) is 2.38. The third-order valence-corrected chi connectivity index (χ3v) is 4.55. The minimum atomic E-state index is 0.542. The Kier molecular flexibility index (Phi) is 3.87. The van der Waals surface area contributed by atoms with E-state index in [4.69, 9.17) is 9.72 Å². The summed E-state index contributed by atoms with van der Waals surface area (Å²) in [7, 11) is 1.71. The standard InChI is InChI=1S/C18H22N4O/c1-23-16-5-3-2-4-14(16)17-15(22-10-8-19-9-11-22)12-20-18(21-17)13-6-7-13/h2-5,12-13,19H,6-11H2,1H3. The van der Waals surface area contributed by atoms with E-state index < -0.39 is 0 Å². The van der Waals surface area contributed by atoms with Gasteiger partial charge < -0.3 is 15.0 Å². The number of rotatable bonds is 4. The molecule has 0 spiro atoms. The lowest BCUT2D eigenvalue weighted by Crippen LogP contribution is -2.43. The highest BCUT2D eigenvalue weighted by molar-refractivity contribution is 5.79. The number of benzene rings is 1. The summed E-state index contributed by atoms with van der Waals surface area (Å²) < 4.78 is 5.57. The number of ether oxygens (including phenoxy) is 1. The van der Waals surface area contributed by atoms with Gasteiger partial charge in [0.1, 0.15) is 17.3 Å². The first-order chi connectivity index (χ1) is 11.4. The summed E-state index contributed by atoms with van der Waals surface area (Å²) in [5, 5.41) is 3.40. The molecule has 2 aliphatic rings. The molecule has 2 heterocycles. The molecule has 23 heavy (non-hydrogen) atoms. The van der Waals surface area contributed by atoms with Crippen LogP contribution >= 0.6 is 0 Å². The zero-order valence-electron chi connectivity index (χ0n) is 13.5. The van der Waals surface area contributed by atoms with E-state index in [0.717, 1.165) is 54.7 Å². The number of hydrogen-bond donors (Lipinski definition) is 1. The Morgan fingerprint density at radius 2 is 1.96 bits per heavy atom. The van der Waals surface area contributed by atoms with E-state index in [2.05, 4.69) is 21.3 Å². The summed E-state index contributed by atoms with van der Waals surface area (Å²) in [5.41, 5.74) is 3.16. The maximum Gasteiger partial charge on any atom is 0.132 e. The van der Waals surface area contributed by atoms with Crippen LogP contribution in [0.2, 0.25) is 0 Å². The number of para-hydroxylation sites is 1. The highest BCUT2D eigenvalue weighted by Gasteiger charge is 2.28. The van der Waals surface area contributed by atoms with Crippen molar-refractivity contribution in [3.63, 3.8) is 0 Å². The van der Waals surface area contributed by atoms with E-state index in [1.807, 2.05) is 24.4 Å². The summed E-state index contributed by atoms with van der Waals surface area (Å²) in [6, 6.07) is 8.12. The number of anilines is 1. The lowest BCUT2D eigenvalue weighted by molar-refractivity contribution is 0.416. The van der Waals surface area contributed by atoms with E-state index >= 15 is 0 Å². The van der Waals surface area contributed by atoms with Gasteiger partial charge in [-0.2, -0.15) is 0 Å². The third-order valence-electron chi connectivity index (χ3n) is 4.55. The molecule has 120 valence electrons. The van der Waals surface area contributed by atoms with E-state index in [1.165, 1.54) is 12.8 Å². The third kappa shape index (κ3) is 2.88. The van der Waals surface area contributed by atoms with Crippen molar-refractivity contribution in [1.82, 2.24) is 15.3 Å². The number of hydrogen-bond acceptors (Lipinski definition) is 5. The van der Waals surface area contributed by atoms with Crippen LogP contribution in [0, 0.1) is 0 Å². The van der Waals surface area contributed by atoms with Gasteiger partial charge in [0.25, 0.3) is 0 Å². The Labute approximate surface area is 136 Å². The Balaban J connectivity index is 1.81. The van der Waals surface area contributed by atoms with Crippen LogP contribution in [0.15, 0.2) is 30.5 Å². The molecule has 0 radical (unpaired) electrons. The fourth-order valence-electron chi connectivity index (χ4n) is 3.10. The summed E-state index contributed by atoms with van der Waals surface area (Å²) in [6.45, 7) is 3.95. The van der Waals surface area contributed by atoms with Gasteiger partial charge in [0.2, 0.25) is 0 Å². The molecule has 1 aromatic heterocycles. The van der Waals surface area contributed by atoms with Crippen LogP contribution in [0.1, 0.15) is 24.6 Å². The van der Waals surface area contributed by atoms with Crippen molar-refractivity contribution in [2.45, 2.75) is 18.8 Å². The molecule has 1 aliphatic carbocycles. The quantitative estimate of drug-likeness (QED) is 0.940. The molecule has 1 N–H and O–H groups in total. The molecule has 5 nitrogen and oxygen atoms in total. The predicted octanol–water partition coefficient (Wildman–Crippen LogP) is 2.44. The molecule has 2 aromatic rings. The normalized spacial score (nSPS) is 18.0. The van der Waals surface area contributed by atoms with E-state index in [9.17, 15) is 0 Å². The monoisotopic (exact) mass is 310 g/mol. The average Bonchev–Trinajstić information content (AvgIpc) is 3.47. The molecule has 0 amide bonds. The Morgan fingerprint density at radius 1 is 1.17 bits per heavy atom. The zero-order valence-corrected chi connectivity index (χ0v) is 13.5. The molecule has 5 heteroatoms. The van der Waals surface area contributed by atoms with Crippen molar-refractivity contribution < 1.29 is 4.74 Å². The molecule has 1 aromatic carbocycles. The van der Waals surface area contributed by atoms with Crippen LogP contribution in [0.5, 0.6) is 5.75 Å². The van der Waals surface area contributed by atoms with Crippen molar-refractivity contribution in [2.75, 3.05) is 38.2 Å². The molecule has 2 fully saturated rings. The van der Waals surface area contributed by atoms with E-state index in [1.54, 1.807) is 7.11 Å². The van der Waals surface area contributed by atoms with Gasteiger partial charge in [0.05, 0.1) is 19.0 Å². The van der Waals surface area contributed by atoms with Gasteiger partial charge in [-0.3, -0.25) is 0 Å². The van der Waals surface area contributed by atoms with Crippen molar-refractivity contribution in [3.8, 4) is 17.0 Å². The van der Waals surface area contributed by atoms with Gasteiger partial charge in [-0.05, 0) is 25.0 Å². The minimum absolute atomic E-state index is 0.542. The fraction of sp³-hybridized carbons (Fsp3) is 0.444. The molecule has 4 rings (SSSR count). The van der Waals surface area contributed by atoms with Gasteiger partial charge in [0.15, 0.2) is 0 Å². The second-order valence-electron chi connectivity index (χ2n) is 6.17. The van der Waals surface area contributed by atoms with Gasteiger partial charge in [-0.25, -0.2) is 9.97 Å². The Hall–Kier alpha value is -2.14. The first-order valence-corrected chi connectivity index (χ1v) is 8.33. The summed E-state index contributed by atoms with van der Waals surface area (Å²) in [6.07, 6.45) is 4.42. The highest BCUT2D eigenvalue weighted by Crippen LogP contribution is 2.41. The van der Waals surface area contributed by atoms with Crippen LogP contribution in [-0.4, -0.2) is 43.3 Å². The number of nitrogens with zero attached hydrogens (tertiary/aromatic N) is 3. The van der Waals surface area contributed by atoms with Crippen LogP contribution < -0.4 is 15.0 Å². The topological polar surface area (TPSA) is 50.3 Å². The number of methoxy groups -OCH3 is 1. The maximum absolute atomic E-state index is 5.57. The molecular weight excluding hydrogens is 288 g/mol. The second-order valence-corrected chi connectivity index (χ2v) is 6.17. The van der Waals surface area contributed by atoms with Gasteiger partial charge in [0, 0.05) is 37.7 Å². The summed E-state index contributed by atoms with van der Waals surface area (Å²) >= 11 is 0. The predicted molar refractivity (Wildman–Crippen MR) is 91.1 cm³/mol. The van der Waals surface area contributed by atoms with Crippen molar-refractivity contribution in [2.24, 2.45) is 0 Å². The molecular formula is C18H22N4O. The van der Waals surface area contributed by atoms with Gasteiger partial charge >= 0.3 is 0 Å². The largest absolute Gasteiger partial charge is 0.496 e. The second kappa shape index (κ2) is 6.16. The highest BCUT2D eigenvalue weighted by atomic mass is 16.5. The summed E-state index contributed by atoms with van der Waals surface area (Å²) in [4.78, 5) is 11.9. The van der Waals surface area contributed by atoms with Gasteiger partial charge in [-0.15, -0.1) is 0 Å². The Bertz CT molecular complexity index is 693. The molecule has 0 bridgehead atoms. The van der Waals surface area contributed by atoms with Crippen molar-refractivity contribution in [3.05, 3.63) is 36.3 Å². The number of piperazine rings is 1. The smallest absolute Gasteiger partial charge is 0.132 e. The van der Waals surface area contributed by atoms with Crippen molar-refractivity contribution in [1.29, 1.82) is 0 Å². The maximum atomic E-state index is 5.57. The SMILES string of the molecule is COc1ccccc1-c1nc(C2CC2)ncc1N1CCNCC1. The number of nitrogens with one attached hydrogen (secondary N) is 1. The molecule has 1 saturated carbocycles. The average molecular weight is 310 g/mol. The van der Waals surface area contributed by atoms with Crippen LogP contribution in [0.4, 0.5) is 5.69 Å². The van der Waals surface area contributed by atoms with Crippen LogP contribution in [0.25, 0.3) is 11.3 Å². The lowest BCUT2D eigenvalue weighted by atomic mass is 10.1.